The first-order valence-electron chi connectivity index (χ1n) is 11.7. The molecule has 0 unspecified atom stereocenters. The monoisotopic (exact) mass is 550 g/mol. The van der Waals surface area contributed by atoms with Gasteiger partial charge in [0.25, 0.3) is 0 Å². The predicted molar refractivity (Wildman–Crippen MR) is 133 cm³/mol. The van der Waals surface area contributed by atoms with Crippen molar-refractivity contribution >= 4 is 43.2 Å². The number of hydrogen-bond acceptors (Lipinski definition) is 5. The molecule has 34 heavy (non-hydrogen) atoms. The summed E-state index contributed by atoms with van der Waals surface area (Å²) in [6.07, 6.45) is 2.57. The largest absolute Gasteiger partial charge is 0.367 e. The molecule has 0 atom stereocenters. The second-order valence-electron chi connectivity index (χ2n) is 9.10. The van der Waals surface area contributed by atoms with Crippen molar-refractivity contribution < 1.29 is 17.6 Å². The first-order valence-corrected chi connectivity index (χ1v) is 14.0. The van der Waals surface area contributed by atoms with Gasteiger partial charge in [-0.3, -0.25) is 9.69 Å². The highest BCUT2D eigenvalue weighted by Crippen LogP contribution is 2.39. The number of para-hydroxylation sites is 1. The van der Waals surface area contributed by atoms with Crippen LogP contribution >= 0.6 is 15.9 Å². The van der Waals surface area contributed by atoms with E-state index in [1.807, 2.05) is 17.0 Å². The summed E-state index contributed by atoms with van der Waals surface area (Å²) in [5.41, 5.74) is 2.32. The molecule has 7 nitrogen and oxygen atoms in total. The molecular weight excluding hydrogens is 523 g/mol. The summed E-state index contributed by atoms with van der Waals surface area (Å²) in [6.45, 7) is 4.29. The lowest BCUT2D eigenvalue weighted by atomic mass is 10.2. The molecule has 3 aliphatic rings. The first kappa shape index (κ1) is 23.7. The lowest BCUT2D eigenvalue weighted by Gasteiger charge is -2.36. The average molecular weight is 551 g/mol. The highest BCUT2D eigenvalue weighted by atomic mass is 79.9. The Balaban J connectivity index is 1.19. The lowest BCUT2D eigenvalue weighted by Crippen LogP contribution is -2.48. The summed E-state index contributed by atoms with van der Waals surface area (Å²) >= 11 is 3.42. The highest BCUT2D eigenvalue weighted by Gasteiger charge is 2.37. The third kappa shape index (κ3) is 4.86. The van der Waals surface area contributed by atoms with E-state index in [-0.39, 0.29) is 29.1 Å². The van der Waals surface area contributed by atoms with E-state index < -0.39 is 10.0 Å². The average Bonchev–Trinajstić information content (AvgIpc) is 3.59. The summed E-state index contributed by atoms with van der Waals surface area (Å²) in [7, 11) is -3.75. The van der Waals surface area contributed by atoms with Crippen LogP contribution < -0.4 is 14.5 Å². The summed E-state index contributed by atoms with van der Waals surface area (Å²) in [6, 6.07) is 10.2. The van der Waals surface area contributed by atoms with Gasteiger partial charge in [0.1, 0.15) is 5.82 Å². The van der Waals surface area contributed by atoms with Gasteiger partial charge in [0.15, 0.2) is 0 Å². The fraction of sp³-hybridized carbons (Fsp3) is 0.458. The van der Waals surface area contributed by atoms with Crippen LogP contribution in [0.1, 0.15) is 18.4 Å². The number of rotatable bonds is 7. The van der Waals surface area contributed by atoms with Crippen molar-refractivity contribution in [2.24, 2.45) is 5.92 Å². The quantitative estimate of drug-likeness (QED) is 0.573. The second-order valence-corrected chi connectivity index (χ2v) is 11.7. The van der Waals surface area contributed by atoms with Crippen molar-refractivity contribution in [3.8, 4) is 0 Å². The third-order valence-corrected chi connectivity index (χ3v) is 9.22. The maximum absolute atomic E-state index is 14.0. The SMILES string of the molecule is O=C(C1CC1)N1CCc2cc(Br)c(S(=O)(=O)NCCN3CCN(c4ccccc4F)CC3)cc21. The number of fused-ring (bicyclic) bond motifs is 1. The van der Waals surface area contributed by atoms with Crippen molar-refractivity contribution in [2.45, 2.75) is 24.2 Å². The second kappa shape index (κ2) is 9.56. The number of anilines is 2. The van der Waals surface area contributed by atoms with E-state index >= 15 is 0 Å². The molecule has 182 valence electrons. The smallest absolute Gasteiger partial charge is 0.241 e. The van der Waals surface area contributed by atoms with E-state index in [9.17, 15) is 17.6 Å². The van der Waals surface area contributed by atoms with Gasteiger partial charge < -0.3 is 9.80 Å². The van der Waals surface area contributed by atoms with Crippen LogP contribution in [0.15, 0.2) is 45.8 Å². The van der Waals surface area contributed by atoms with Crippen molar-refractivity contribution in [3.05, 3.63) is 52.3 Å². The molecule has 1 N–H and O–H groups in total. The van der Waals surface area contributed by atoms with Gasteiger partial charge in [0.2, 0.25) is 15.9 Å². The zero-order chi connectivity index (χ0) is 23.9. The fourth-order valence-electron chi connectivity index (χ4n) is 4.71. The number of nitrogens with zero attached hydrogens (tertiary/aromatic N) is 3. The van der Waals surface area contributed by atoms with Crippen LogP contribution in [0.5, 0.6) is 0 Å². The summed E-state index contributed by atoms with van der Waals surface area (Å²) < 4.78 is 43.4. The Labute approximate surface area is 208 Å². The molecular formula is C24H28BrFN4O3S. The fourth-order valence-corrected chi connectivity index (χ4v) is 6.84. The third-order valence-electron chi connectivity index (χ3n) is 6.80. The Morgan fingerprint density at radius 3 is 2.50 bits per heavy atom. The van der Waals surface area contributed by atoms with Gasteiger partial charge in [0.05, 0.1) is 10.6 Å². The molecule has 2 aromatic carbocycles. The number of hydrogen-bond donors (Lipinski definition) is 1. The predicted octanol–water partition coefficient (Wildman–Crippen LogP) is 2.99. The number of sulfonamides is 1. The minimum absolute atomic E-state index is 0.0895. The molecule has 1 saturated carbocycles. The number of halogens is 2. The number of piperazine rings is 1. The van der Waals surface area contributed by atoms with Crippen molar-refractivity contribution in [1.29, 1.82) is 0 Å². The zero-order valence-electron chi connectivity index (χ0n) is 18.8. The van der Waals surface area contributed by atoms with E-state index in [4.69, 9.17) is 0 Å². The number of benzene rings is 2. The molecule has 2 aliphatic heterocycles. The molecule has 2 aromatic rings. The summed E-state index contributed by atoms with van der Waals surface area (Å²) in [5.74, 6) is -0.0282. The Kier molecular flexibility index (Phi) is 6.67. The molecule has 1 aliphatic carbocycles. The molecule has 1 amide bonds. The molecule has 5 rings (SSSR count). The zero-order valence-corrected chi connectivity index (χ0v) is 21.2. The molecule has 0 radical (unpaired) electrons. The van der Waals surface area contributed by atoms with Gasteiger partial charge in [-0.15, -0.1) is 0 Å². The number of nitrogens with one attached hydrogen (secondary N) is 1. The van der Waals surface area contributed by atoms with E-state index in [2.05, 4.69) is 25.6 Å². The number of amides is 1. The van der Waals surface area contributed by atoms with Crippen LogP contribution in [-0.4, -0.2) is 65.0 Å². The standard InChI is InChI=1S/C24H28BrFN4O3S/c25-19-15-18-7-9-30(24(31)17-5-6-17)22(18)16-23(19)34(32,33)27-8-10-28-11-13-29(14-12-28)21-4-2-1-3-20(21)26/h1-4,15-17,27H,5-14H2. The van der Waals surface area contributed by atoms with Gasteiger partial charge in [-0.25, -0.2) is 17.5 Å². The van der Waals surface area contributed by atoms with Crippen LogP contribution in [0.4, 0.5) is 15.8 Å². The first-order chi connectivity index (χ1) is 16.3. The number of carbonyl (C=O) groups excluding carboxylic acids is 1. The topological polar surface area (TPSA) is 73.0 Å². The van der Waals surface area contributed by atoms with E-state index in [1.165, 1.54) is 6.07 Å². The van der Waals surface area contributed by atoms with Crippen LogP contribution in [0.25, 0.3) is 0 Å². The molecule has 0 spiro atoms. The van der Waals surface area contributed by atoms with Crippen LogP contribution in [0.2, 0.25) is 0 Å². The van der Waals surface area contributed by atoms with Crippen molar-refractivity contribution in [2.75, 3.05) is 55.6 Å². The Bertz CT molecular complexity index is 1200. The molecule has 10 heteroatoms. The normalized spacial score (nSPS) is 18.9. The van der Waals surface area contributed by atoms with E-state index in [1.54, 1.807) is 23.1 Å². The van der Waals surface area contributed by atoms with Crippen molar-refractivity contribution in [1.82, 2.24) is 9.62 Å². The molecule has 0 bridgehead atoms. The molecule has 2 fully saturated rings. The maximum Gasteiger partial charge on any atom is 0.241 e. The Hall–Kier alpha value is -2.01. The molecule has 0 aromatic heterocycles. The minimum Gasteiger partial charge on any atom is -0.367 e. The van der Waals surface area contributed by atoms with Gasteiger partial charge in [-0.05, 0) is 65.0 Å². The van der Waals surface area contributed by atoms with Crippen LogP contribution in [0, 0.1) is 11.7 Å². The molecule has 2 heterocycles. The number of carbonyl (C=O) groups is 1. The van der Waals surface area contributed by atoms with Crippen molar-refractivity contribution in [3.63, 3.8) is 0 Å². The van der Waals surface area contributed by atoms with Crippen LogP contribution in [0.3, 0.4) is 0 Å². The van der Waals surface area contributed by atoms with Gasteiger partial charge in [-0.2, -0.15) is 0 Å². The van der Waals surface area contributed by atoms with Gasteiger partial charge in [0, 0.05) is 61.9 Å². The maximum atomic E-state index is 14.0. The Morgan fingerprint density at radius 1 is 1.06 bits per heavy atom. The van der Waals surface area contributed by atoms with Crippen LogP contribution in [-0.2, 0) is 21.2 Å². The molecule has 1 saturated heterocycles. The van der Waals surface area contributed by atoms with Gasteiger partial charge >= 0.3 is 0 Å². The van der Waals surface area contributed by atoms with Gasteiger partial charge in [-0.1, -0.05) is 12.1 Å². The highest BCUT2D eigenvalue weighted by molar-refractivity contribution is 9.10. The van der Waals surface area contributed by atoms with E-state index in [0.717, 1.165) is 37.9 Å². The summed E-state index contributed by atoms with van der Waals surface area (Å²) in [4.78, 5) is 18.7. The Morgan fingerprint density at radius 2 is 1.79 bits per heavy atom. The lowest BCUT2D eigenvalue weighted by molar-refractivity contribution is -0.119. The summed E-state index contributed by atoms with van der Waals surface area (Å²) in [5, 5.41) is 0. The van der Waals surface area contributed by atoms with E-state index in [0.29, 0.717) is 42.0 Å². The minimum atomic E-state index is -3.75.